The molecule has 0 saturated heterocycles. The van der Waals surface area contributed by atoms with Gasteiger partial charge in [0.2, 0.25) is 0 Å². The van der Waals surface area contributed by atoms with Crippen molar-refractivity contribution in [1.29, 1.82) is 0 Å². The van der Waals surface area contributed by atoms with Gasteiger partial charge in [-0.15, -0.1) is 11.3 Å². The number of hydrogen-bond acceptors (Lipinski definition) is 5. The molecular formula is C14H15N3O3S. The van der Waals surface area contributed by atoms with Crippen molar-refractivity contribution in [3.05, 3.63) is 40.4 Å². The summed E-state index contributed by atoms with van der Waals surface area (Å²) in [6, 6.07) is 6.64. The molecule has 6 nitrogen and oxygen atoms in total. The number of anilines is 1. The topological polar surface area (TPSA) is 94.3 Å². The van der Waals surface area contributed by atoms with Gasteiger partial charge in [0.25, 0.3) is 11.8 Å². The largest absolute Gasteiger partial charge is 0.483 e. The molecule has 7 heteroatoms. The Balaban J connectivity index is 2.16. The highest BCUT2D eigenvalue weighted by Gasteiger charge is 2.15. The zero-order valence-corrected chi connectivity index (χ0v) is 12.5. The quantitative estimate of drug-likeness (QED) is 0.881. The van der Waals surface area contributed by atoms with Crippen LogP contribution in [-0.4, -0.2) is 23.4 Å². The number of aromatic nitrogens is 1. The number of hydrogen-bond donors (Lipinski definition) is 2. The van der Waals surface area contributed by atoms with Crippen LogP contribution >= 0.6 is 11.3 Å². The Labute approximate surface area is 125 Å². The van der Waals surface area contributed by atoms with Crippen LogP contribution in [0.4, 0.5) is 5.13 Å². The first-order valence-corrected chi connectivity index (χ1v) is 7.04. The maximum atomic E-state index is 12.3. The fraction of sp³-hybridized carbons (Fsp3) is 0.214. The third-order valence-electron chi connectivity index (χ3n) is 2.75. The predicted molar refractivity (Wildman–Crippen MR) is 80.7 cm³/mol. The minimum absolute atomic E-state index is 0.278. The lowest BCUT2D eigenvalue weighted by Gasteiger charge is -2.09. The molecule has 1 aromatic carbocycles. The number of carbonyl (C=O) groups is 2. The van der Waals surface area contributed by atoms with E-state index in [4.69, 9.17) is 10.5 Å². The molecule has 1 aromatic heterocycles. The Morgan fingerprint density at radius 2 is 2.05 bits per heavy atom. The van der Waals surface area contributed by atoms with Crippen LogP contribution in [0, 0.1) is 13.8 Å². The van der Waals surface area contributed by atoms with Gasteiger partial charge < -0.3 is 10.5 Å². The number of nitrogens with two attached hydrogens (primary N) is 1. The summed E-state index contributed by atoms with van der Waals surface area (Å²) < 4.78 is 5.23. The highest BCUT2D eigenvalue weighted by Crippen LogP contribution is 2.24. The number of rotatable bonds is 5. The maximum absolute atomic E-state index is 12.3. The van der Waals surface area contributed by atoms with E-state index in [-0.39, 0.29) is 12.5 Å². The van der Waals surface area contributed by atoms with Gasteiger partial charge in [-0.2, -0.15) is 0 Å². The van der Waals surface area contributed by atoms with Crippen LogP contribution in [0.3, 0.4) is 0 Å². The van der Waals surface area contributed by atoms with Gasteiger partial charge in [0.05, 0.1) is 11.3 Å². The molecule has 0 unspecified atom stereocenters. The first kappa shape index (κ1) is 15.0. The molecule has 0 saturated carbocycles. The predicted octanol–water partition coefficient (Wildman–Crippen LogP) is 1.88. The molecule has 110 valence electrons. The van der Waals surface area contributed by atoms with E-state index in [1.165, 1.54) is 11.3 Å². The lowest BCUT2D eigenvalue weighted by atomic mass is 10.2. The van der Waals surface area contributed by atoms with Crippen LogP contribution in [0.1, 0.15) is 20.9 Å². The highest BCUT2D eigenvalue weighted by atomic mass is 32.1. The van der Waals surface area contributed by atoms with Crippen LogP contribution in [0.5, 0.6) is 5.75 Å². The molecule has 0 aliphatic carbocycles. The molecule has 0 bridgehead atoms. The molecule has 2 amide bonds. The van der Waals surface area contributed by atoms with Crippen molar-refractivity contribution in [3.8, 4) is 5.75 Å². The van der Waals surface area contributed by atoms with E-state index in [2.05, 4.69) is 10.3 Å². The summed E-state index contributed by atoms with van der Waals surface area (Å²) >= 11 is 1.40. The minimum Gasteiger partial charge on any atom is -0.483 e. The average molecular weight is 305 g/mol. The number of ether oxygens (including phenoxy) is 1. The lowest BCUT2D eigenvalue weighted by molar-refractivity contribution is -0.119. The number of aryl methyl sites for hydroxylation is 2. The van der Waals surface area contributed by atoms with Crippen LogP contribution in [-0.2, 0) is 4.79 Å². The molecule has 2 aromatic rings. The second-order valence-corrected chi connectivity index (χ2v) is 5.57. The van der Waals surface area contributed by atoms with Gasteiger partial charge in [-0.3, -0.25) is 14.9 Å². The fourth-order valence-electron chi connectivity index (χ4n) is 1.62. The van der Waals surface area contributed by atoms with Crippen molar-refractivity contribution in [3.63, 3.8) is 0 Å². The number of primary amides is 1. The molecular weight excluding hydrogens is 290 g/mol. The Bertz CT molecular complexity index is 662. The number of para-hydroxylation sites is 1. The van der Waals surface area contributed by atoms with Crippen molar-refractivity contribution in [2.24, 2.45) is 5.73 Å². The third kappa shape index (κ3) is 3.79. The van der Waals surface area contributed by atoms with E-state index in [9.17, 15) is 9.59 Å². The summed E-state index contributed by atoms with van der Waals surface area (Å²) in [6.45, 7) is 3.54. The summed E-state index contributed by atoms with van der Waals surface area (Å²) in [5, 5.41) is 3.25. The van der Waals surface area contributed by atoms with E-state index in [0.717, 1.165) is 10.6 Å². The SMILES string of the molecule is Cc1nc(NC(=O)c2ccccc2OCC(N)=O)sc1C. The van der Waals surface area contributed by atoms with Gasteiger partial charge >= 0.3 is 0 Å². The summed E-state index contributed by atoms with van der Waals surface area (Å²) in [7, 11) is 0. The molecule has 0 aliphatic heterocycles. The van der Waals surface area contributed by atoms with Gasteiger partial charge in [-0.05, 0) is 26.0 Å². The summed E-state index contributed by atoms with van der Waals surface area (Å²) in [6.07, 6.45) is 0. The maximum Gasteiger partial charge on any atom is 0.261 e. The molecule has 2 rings (SSSR count). The van der Waals surface area contributed by atoms with E-state index < -0.39 is 5.91 Å². The monoisotopic (exact) mass is 305 g/mol. The number of nitrogens with zero attached hydrogens (tertiary/aromatic N) is 1. The van der Waals surface area contributed by atoms with Gasteiger partial charge in [0.1, 0.15) is 5.75 Å². The summed E-state index contributed by atoms with van der Waals surface area (Å²) in [5.41, 5.74) is 6.24. The smallest absolute Gasteiger partial charge is 0.261 e. The zero-order valence-electron chi connectivity index (χ0n) is 11.7. The van der Waals surface area contributed by atoms with E-state index >= 15 is 0 Å². The molecule has 1 heterocycles. The molecule has 0 atom stereocenters. The Morgan fingerprint density at radius 3 is 2.67 bits per heavy atom. The third-order valence-corrected chi connectivity index (χ3v) is 3.74. The molecule has 3 N–H and O–H groups in total. The number of benzene rings is 1. The average Bonchev–Trinajstić information content (AvgIpc) is 2.75. The summed E-state index contributed by atoms with van der Waals surface area (Å²) in [4.78, 5) is 28.3. The van der Waals surface area contributed by atoms with Crippen molar-refractivity contribution in [2.45, 2.75) is 13.8 Å². The number of amides is 2. The van der Waals surface area contributed by atoms with Gasteiger partial charge in [0.15, 0.2) is 11.7 Å². The Kier molecular flexibility index (Phi) is 4.54. The van der Waals surface area contributed by atoms with E-state index in [1.807, 2.05) is 13.8 Å². The normalized spacial score (nSPS) is 10.2. The second kappa shape index (κ2) is 6.36. The summed E-state index contributed by atoms with van der Waals surface area (Å²) in [5.74, 6) is -0.640. The molecule has 21 heavy (non-hydrogen) atoms. The van der Waals surface area contributed by atoms with Gasteiger partial charge in [-0.25, -0.2) is 4.98 Å². The molecule has 0 aliphatic rings. The van der Waals surface area contributed by atoms with Crippen LogP contribution < -0.4 is 15.8 Å². The first-order valence-electron chi connectivity index (χ1n) is 6.23. The lowest BCUT2D eigenvalue weighted by Crippen LogP contribution is -2.21. The van der Waals surface area contributed by atoms with E-state index in [1.54, 1.807) is 24.3 Å². The zero-order chi connectivity index (χ0) is 15.4. The standard InChI is InChI=1S/C14H15N3O3S/c1-8-9(2)21-14(16-8)17-13(19)10-5-3-4-6-11(10)20-7-12(15)18/h3-6H,7H2,1-2H3,(H2,15,18)(H,16,17,19). The Morgan fingerprint density at radius 1 is 1.33 bits per heavy atom. The van der Waals surface area contributed by atoms with Crippen molar-refractivity contribution in [1.82, 2.24) is 4.98 Å². The fourth-order valence-corrected chi connectivity index (χ4v) is 2.43. The van der Waals surface area contributed by atoms with Gasteiger partial charge in [-0.1, -0.05) is 12.1 Å². The van der Waals surface area contributed by atoms with E-state index in [0.29, 0.717) is 16.4 Å². The van der Waals surface area contributed by atoms with Crippen LogP contribution in [0.2, 0.25) is 0 Å². The number of nitrogens with one attached hydrogen (secondary N) is 1. The molecule has 0 spiro atoms. The van der Waals surface area contributed by atoms with Crippen molar-refractivity contribution < 1.29 is 14.3 Å². The highest BCUT2D eigenvalue weighted by molar-refractivity contribution is 7.15. The van der Waals surface area contributed by atoms with Crippen LogP contribution in [0.15, 0.2) is 24.3 Å². The van der Waals surface area contributed by atoms with Crippen LogP contribution in [0.25, 0.3) is 0 Å². The molecule has 0 fully saturated rings. The molecule has 0 radical (unpaired) electrons. The minimum atomic E-state index is -0.601. The number of carbonyl (C=O) groups excluding carboxylic acids is 2. The van der Waals surface area contributed by atoms with Gasteiger partial charge in [0, 0.05) is 4.88 Å². The first-order chi connectivity index (χ1) is 9.97. The van der Waals surface area contributed by atoms with Crippen molar-refractivity contribution in [2.75, 3.05) is 11.9 Å². The number of thiazole rings is 1. The Hall–Kier alpha value is -2.41. The second-order valence-electron chi connectivity index (χ2n) is 4.37. The van der Waals surface area contributed by atoms with Crippen molar-refractivity contribution >= 4 is 28.3 Å².